The second-order valence-electron chi connectivity index (χ2n) is 11.4. The van der Waals surface area contributed by atoms with Crippen LogP contribution in [0.4, 0.5) is 0 Å². The van der Waals surface area contributed by atoms with E-state index < -0.39 is 0 Å². The van der Waals surface area contributed by atoms with Gasteiger partial charge in [-0.25, -0.2) is 0 Å². The van der Waals surface area contributed by atoms with Crippen molar-refractivity contribution in [2.45, 2.75) is 12.3 Å². The molecule has 7 aromatic rings. The maximum atomic E-state index is 6.01. The van der Waals surface area contributed by atoms with Gasteiger partial charge in [-0.1, -0.05) is 121 Å². The second-order valence-corrected chi connectivity index (χ2v) is 11.4. The summed E-state index contributed by atoms with van der Waals surface area (Å²) < 4.78 is 6.01. The van der Waals surface area contributed by atoms with Gasteiger partial charge < -0.3 is 4.42 Å². The van der Waals surface area contributed by atoms with E-state index in [1.165, 1.54) is 50.1 Å². The highest BCUT2D eigenvalue weighted by atomic mass is 16.4. The van der Waals surface area contributed by atoms with Gasteiger partial charge in [-0.05, 0) is 92.9 Å². The minimum atomic E-state index is -0.341. The Morgan fingerprint density at radius 3 is 1.40 bits per heavy atom. The Hall–Kier alpha value is -5.80. The van der Waals surface area contributed by atoms with Crippen LogP contribution in [0.2, 0.25) is 0 Å². The topological polar surface area (TPSA) is 38.9 Å². The Labute approximate surface area is 263 Å². The van der Waals surface area contributed by atoms with Crippen LogP contribution in [-0.4, -0.2) is 10.2 Å². The summed E-state index contributed by atoms with van der Waals surface area (Å²) in [6.45, 7) is 5.25. The lowest BCUT2D eigenvalue weighted by Crippen LogP contribution is -2.25. The van der Waals surface area contributed by atoms with Crippen LogP contribution in [0.1, 0.15) is 29.2 Å². The van der Waals surface area contributed by atoms with Crippen molar-refractivity contribution < 1.29 is 4.42 Å². The summed E-state index contributed by atoms with van der Waals surface area (Å²) >= 11 is 0. The van der Waals surface area contributed by atoms with Crippen molar-refractivity contribution in [1.29, 1.82) is 0 Å². The van der Waals surface area contributed by atoms with Crippen molar-refractivity contribution in [3.05, 3.63) is 181 Å². The van der Waals surface area contributed by atoms with Crippen molar-refractivity contribution >= 4 is 0 Å². The number of nitrogens with zero attached hydrogens (tertiary/aromatic N) is 2. The predicted octanol–water partition coefficient (Wildman–Crippen LogP) is 10.6. The molecule has 6 aromatic carbocycles. The van der Waals surface area contributed by atoms with E-state index in [0.29, 0.717) is 11.8 Å². The van der Waals surface area contributed by atoms with Crippen molar-refractivity contribution in [2.24, 2.45) is 0 Å². The third-order valence-electron chi connectivity index (χ3n) is 8.91. The predicted molar refractivity (Wildman–Crippen MR) is 183 cm³/mol. The molecule has 2 aliphatic rings. The number of allylic oxidation sites excluding steroid dienone is 1. The molecule has 2 aliphatic carbocycles. The second kappa shape index (κ2) is 10.7. The van der Waals surface area contributed by atoms with E-state index in [-0.39, 0.29) is 5.41 Å². The fourth-order valence-electron chi connectivity index (χ4n) is 7.12. The van der Waals surface area contributed by atoms with Gasteiger partial charge in [-0.15, -0.1) is 16.8 Å². The normalized spacial score (nSPS) is 12.8. The van der Waals surface area contributed by atoms with Gasteiger partial charge in [0.1, 0.15) is 0 Å². The van der Waals surface area contributed by atoms with Gasteiger partial charge in [-0.2, -0.15) is 0 Å². The van der Waals surface area contributed by atoms with E-state index in [4.69, 9.17) is 4.42 Å². The van der Waals surface area contributed by atoms with Crippen LogP contribution in [0.3, 0.4) is 0 Å². The fraction of sp³-hybridized carbons (Fsp3) is 0.0476. The molecule has 214 valence electrons. The zero-order valence-corrected chi connectivity index (χ0v) is 24.9. The van der Waals surface area contributed by atoms with Gasteiger partial charge in [0.15, 0.2) is 0 Å². The Balaban J connectivity index is 0.000000966. The zero-order valence-electron chi connectivity index (χ0n) is 24.9. The lowest BCUT2D eigenvalue weighted by molar-refractivity contribution is 0.584. The molecular weight excluding hydrogens is 548 g/mol. The maximum absolute atomic E-state index is 6.01. The highest BCUT2D eigenvalue weighted by Gasteiger charge is 2.51. The molecule has 1 heterocycles. The molecule has 0 saturated heterocycles. The summed E-state index contributed by atoms with van der Waals surface area (Å²) in [5.41, 5.74) is 14.5. The van der Waals surface area contributed by atoms with E-state index in [2.05, 4.69) is 132 Å². The molecular formula is C42H30N2O. The number of fused-ring (bicyclic) bond motifs is 10. The molecule has 3 nitrogen and oxygen atoms in total. The fourth-order valence-corrected chi connectivity index (χ4v) is 7.12. The summed E-state index contributed by atoms with van der Waals surface area (Å²) in [5.74, 6) is 1.04. The molecule has 0 fully saturated rings. The third-order valence-corrected chi connectivity index (χ3v) is 8.91. The molecule has 0 aliphatic heterocycles. The molecule has 0 bridgehead atoms. The van der Waals surface area contributed by atoms with E-state index in [0.717, 1.165) is 16.7 Å². The first-order valence-electron chi connectivity index (χ1n) is 15.2. The van der Waals surface area contributed by atoms with Gasteiger partial charge in [0.2, 0.25) is 11.8 Å². The standard InChI is InChI=1S/C39H24N2O.C3H6/c1-2-10-26(11-3-1)37-40-41-38(42-37)27-20-18-25(19-21-27)28-22-23-32-31-14-6-9-17-35(31)39(36(32)24-28)33-15-7-4-12-29(33)30-13-5-8-16-34(30)39;1-3-2/h1-24H;3H,1H2,2H3. The maximum Gasteiger partial charge on any atom is 0.248 e. The summed E-state index contributed by atoms with van der Waals surface area (Å²) in [6, 6.07) is 52.0. The van der Waals surface area contributed by atoms with E-state index in [1.807, 2.05) is 37.3 Å². The number of benzene rings is 6. The molecule has 45 heavy (non-hydrogen) atoms. The van der Waals surface area contributed by atoms with Gasteiger partial charge in [-0.3, -0.25) is 0 Å². The van der Waals surface area contributed by atoms with Crippen molar-refractivity contribution in [3.8, 4) is 56.3 Å². The van der Waals surface area contributed by atoms with Crippen LogP contribution in [0, 0.1) is 0 Å². The largest absolute Gasteiger partial charge is 0.416 e. The molecule has 0 N–H and O–H groups in total. The molecule has 3 heteroatoms. The van der Waals surface area contributed by atoms with Crippen molar-refractivity contribution in [2.75, 3.05) is 0 Å². The van der Waals surface area contributed by atoms with Gasteiger partial charge in [0, 0.05) is 11.1 Å². The summed E-state index contributed by atoms with van der Waals surface area (Å²) in [7, 11) is 0. The molecule has 0 radical (unpaired) electrons. The van der Waals surface area contributed by atoms with Crippen LogP contribution >= 0.6 is 0 Å². The minimum Gasteiger partial charge on any atom is -0.416 e. The van der Waals surface area contributed by atoms with Crippen LogP contribution in [0.15, 0.2) is 163 Å². The van der Waals surface area contributed by atoms with Gasteiger partial charge in [0.05, 0.1) is 5.41 Å². The molecule has 1 spiro atoms. The van der Waals surface area contributed by atoms with Crippen molar-refractivity contribution in [3.63, 3.8) is 0 Å². The monoisotopic (exact) mass is 578 g/mol. The third kappa shape index (κ3) is 4.05. The van der Waals surface area contributed by atoms with E-state index >= 15 is 0 Å². The lowest BCUT2D eigenvalue weighted by Gasteiger charge is -2.30. The van der Waals surface area contributed by atoms with Gasteiger partial charge >= 0.3 is 0 Å². The Morgan fingerprint density at radius 2 is 0.867 bits per heavy atom. The minimum absolute atomic E-state index is 0.341. The Bertz CT molecular complexity index is 2130. The average molecular weight is 579 g/mol. The lowest BCUT2D eigenvalue weighted by atomic mass is 9.70. The molecule has 0 unspecified atom stereocenters. The number of hydrogen-bond donors (Lipinski definition) is 0. The highest BCUT2D eigenvalue weighted by molar-refractivity contribution is 5.95. The van der Waals surface area contributed by atoms with Crippen molar-refractivity contribution in [1.82, 2.24) is 10.2 Å². The summed E-state index contributed by atoms with van der Waals surface area (Å²) in [6.07, 6.45) is 1.75. The van der Waals surface area contributed by atoms with Crippen LogP contribution in [0.25, 0.3) is 56.3 Å². The first-order chi connectivity index (χ1) is 22.2. The van der Waals surface area contributed by atoms with Crippen LogP contribution in [0.5, 0.6) is 0 Å². The molecule has 0 saturated carbocycles. The Morgan fingerprint density at radius 1 is 0.467 bits per heavy atom. The first-order valence-corrected chi connectivity index (χ1v) is 15.2. The molecule has 0 amide bonds. The smallest absolute Gasteiger partial charge is 0.248 e. The number of hydrogen-bond acceptors (Lipinski definition) is 3. The molecule has 1 aromatic heterocycles. The van der Waals surface area contributed by atoms with Gasteiger partial charge in [0.25, 0.3) is 0 Å². The Kier molecular flexibility index (Phi) is 6.39. The van der Waals surface area contributed by atoms with Crippen LogP contribution in [-0.2, 0) is 5.41 Å². The quantitative estimate of drug-likeness (QED) is 0.196. The summed E-state index contributed by atoms with van der Waals surface area (Å²) in [4.78, 5) is 0. The van der Waals surface area contributed by atoms with Crippen LogP contribution < -0.4 is 0 Å². The SMILES string of the molecule is C=CC.c1ccc(-c2nnc(-c3ccc(-c4ccc5c(c4)C4(c6ccccc6-c6ccccc64)c4ccccc4-5)cc3)o2)cc1. The molecule has 9 rings (SSSR count). The first kappa shape index (κ1) is 26.8. The van der Waals surface area contributed by atoms with E-state index in [1.54, 1.807) is 6.08 Å². The highest BCUT2D eigenvalue weighted by Crippen LogP contribution is 2.62. The number of aromatic nitrogens is 2. The number of rotatable bonds is 3. The molecule has 0 atom stereocenters. The average Bonchev–Trinajstić information content (AvgIpc) is 3.79. The summed E-state index contributed by atoms with van der Waals surface area (Å²) in [5, 5.41) is 8.57. The van der Waals surface area contributed by atoms with E-state index in [9.17, 15) is 0 Å². The zero-order chi connectivity index (χ0) is 30.4.